The van der Waals surface area contributed by atoms with Crippen LogP contribution >= 0.6 is 22.6 Å². The van der Waals surface area contributed by atoms with E-state index in [0.29, 0.717) is 5.75 Å². The molecule has 0 aliphatic rings. The number of benzene rings is 1. The van der Waals surface area contributed by atoms with E-state index in [-0.39, 0.29) is 13.0 Å². The number of nitrogens with one attached hydrogen (secondary N) is 1. The van der Waals surface area contributed by atoms with Gasteiger partial charge in [-0.25, -0.2) is 4.79 Å². The van der Waals surface area contributed by atoms with Crippen molar-refractivity contribution in [3.8, 4) is 5.75 Å². The summed E-state index contributed by atoms with van der Waals surface area (Å²) in [5.41, 5.74) is 0. The number of carbonyl (C=O) groups is 2. The molecule has 1 unspecified atom stereocenters. The van der Waals surface area contributed by atoms with Gasteiger partial charge in [-0.1, -0.05) is 12.2 Å². The second-order valence-corrected chi connectivity index (χ2v) is 5.25. The molecule has 0 aliphatic heterocycles. The molecule has 1 aromatic carbocycles. The normalized spacial score (nSPS) is 12.1. The topological polar surface area (TPSA) is 75.6 Å². The minimum atomic E-state index is -1.06. The summed E-state index contributed by atoms with van der Waals surface area (Å²) in [6.07, 6.45) is 3.68. The van der Waals surface area contributed by atoms with Gasteiger partial charge in [0.1, 0.15) is 11.8 Å². The fraction of sp³-hybridized carbons (Fsp3) is 0.286. The molecule has 0 fully saturated rings. The Morgan fingerprint density at radius 1 is 1.40 bits per heavy atom. The Morgan fingerprint density at radius 3 is 2.60 bits per heavy atom. The summed E-state index contributed by atoms with van der Waals surface area (Å²) in [6, 6.07) is 6.30. The minimum Gasteiger partial charge on any atom is -0.484 e. The first-order valence-corrected chi connectivity index (χ1v) is 7.12. The van der Waals surface area contributed by atoms with E-state index in [2.05, 4.69) is 27.9 Å². The summed E-state index contributed by atoms with van der Waals surface area (Å²) in [5.74, 6) is -0.952. The van der Waals surface area contributed by atoms with Gasteiger partial charge in [0.05, 0.1) is 0 Å². The Balaban J connectivity index is 2.45. The van der Waals surface area contributed by atoms with Gasteiger partial charge in [-0.05, 0) is 60.2 Å². The first-order valence-electron chi connectivity index (χ1n) is 6.04. The molecule has 20 heavy (non-hydrogen) atoms. The highest BCUT2D eigenvalue weighted by molar-refractivity contribution is 14.1. The SMILES string of the molecule is C/C=C/CC(NC(=O)COc1ccc(I)cc1)C(=O)O. The summed E-state index contributed by atoms with van der Waals surface area (Å²) < 4.78 is 6.35. The van der Waals surface area contributed by atoms with Crippen molar-refractivity contribution < 1.29 is 19.4 Å². The number of hydrogen-bond donors (Lipinski definition) is 2. The van der Waals surface area contributed by atoms with E-state index in [4.69, 9.17) is 9.84 Å². The molecule has 0 spiro atoms. The predicted octanol–water partition coefficient (Wildman–Crippen LogP) is 2.21. The molecule has 5 nitrogen and oxygen atoms in total. The van der Waals surface area contributed by atoms with Crippen molar-refractivity contribution >= 4 is 34.5 Å². The van der Waals surface area contributed by atoms with Crippen LogP contribution in [0.25, 0.3) is 0 Å². The van der Waals surface area contributed by atoms with Gasteiger partial charge in [-0.3, -0.25) is 4.79 Å². The lowest BCUT2D eigenvalue weighted by Crippen LogP contribution is -2.42. The zero-order valence-corrected chi connectivity index (χ0v) is 13.2. The molecular formula is C14H16INO4. The summed E-state index contributed by atoms with van der Waals surface area (Å²) >= 11 is 2.17. The van der Waals surface area contributed by atoms with Crippen molar-refractivity contribution in [2.45, 2.75) is 19.4 Å². The molecule has 0 saturated carbocycles. The fourth-order valence-corrected chi connectivity index (χ4v) is 1.77. The second kappa shape index (κ2) is 8.57. The molecule has 6 heteroatoms. The Kier molecular flexibility index (Phi) is 7.06. The highest BCUT2D eigenvalue weighted by atomic mass is 127. The van der Waals surface area contributed by atoms with E-state index in [1.807, 2.05) is 12.1 Å². The second-order valence-electron chi connectivity index (χ2n) is 4.01. The van der Waals surface area contributed by atoms with Crippen LogP contribution < -0.4 is 10.1 Å². The van der Waals surface area contributed by atoms with Crippen molar-refractivity contribution in [3.05, 3.63) is 40.0 Å². The molecule has 0 aromatic heterocycles. The van der Waals surface area contributed by atoms with Crippen LogP contribution in [0.2, 0.25) is 0 Å². The van der Waals surface area contributed by atoms with Gasteiger partial charge in [0.2, 0.25) is 0 Å². The maximum Gasteiger partial charge on any atom is 0.326 e. The van der Waals surface area contributed by atoms with Gasteiger partial charge in [-0.2, -0.15) is 0 Å². The monoisotopic (exact) mass is 389 g/mol. The molecule has 0 bridgehead atoms. The van der Waals surface area contributed by atoms with Crippen LogP contribution in [0.4, 0.5) is 0 Å². The molecule has 108 valence electrons. The molecule has 0 saturated heterocycles. The van der Waals surface area contributed by atoms with Gasteiger partial charge in [-0.15, -0.1) is 0 Å². The molecule has 0 heterocycles. The Labute approximate surface area is 131 Å². The largest absolute Gasteiger partial charge is 0.484 e. The standard InChI is InChI=1S/C14H16INO4/c1-2-3-4-12(14(18)19)16-13(17)9-20-11-7-5-10(15)6-8-11/h2-3,5-8,12H,4,9H2,1H3,(H,16,17)(H,18,19)/b3-2+. The average Bonchev–Trinajstić information content (AvgIpc) is 2.42. The summed E-state index contributed by atoms with van der Waals surface area (Å²) in [4.78, 5) is 22.6. The number of carboxylic acids is 1. The number of rotatable bonds is 7. The number of amides is 1. The van der Waals surface area contributed by atoms with E-state index >= 15 is 0 Å². The average molecular weight is 389 g/mol. The first kappa shape index (κ1) is 16.5. The molecule has 0 aliphatic carbocycles. The van der Waals surface area contributed by atoms with Crippen molar-refractivity contribution in [1.82, 2.24) is 5.32 Å². The lowest BCUT2D eigenvalue weighted by atomic mass is 10.2. The van der Waals surface area contributed by atoms with Gasteiger partial charge in [0.25, 0.3) is 5.91 Å². The third kappa shape index (κ3) is 6.05. The Morgan fingerprint density at radius 2 is 2.05 bits per heavy atom. The number of hydrogen-bond acceptors (Lipinski definition) is 3. The number of ether oxygens (including phenoxy) is 1. The van der Waals surface area contributed by atoms with Gasteiger partial charge in [0.15, 0.2) is 6.61 Å². The van der Waals surface area contributed by atoms with E-state index < -0.39 is 17.9 Å². The van der Waals surface area contributed by atoms with Crippen molar-refractivity contribution in [1.29, 1.82) is 0 Å². The first-order chi connectivity index (χ1) is 9.52. The van der Waals surface area contributed by atoms with Crippen LogP contribution in [-0.2, 0) is 9.59 Å². The zero-order chi connectivity index (χ0) is 15.0. The van der Waals surface area contributed by atoms with Crippen LogP contribution in [0.5, 0.6) is 5.75 Å². The molecular weight excluding hydrogens is 373 g/mol. The maximum absolute atomic E-state index is 11.6. The predicted molar refractivity (Wildman–Crippen MR) is 83.7 cm³/mol. The quantitative estimate of drug-likeness (QED) is 0.554. The summed E-state index contributed by atoms with van der Waals surface area (Å²) in [7, 11) is 0. The van der Waals surface area contributed by atoms with E-state index in [9.17, 15) is 9.59 Å². The van der Waals surface area contributed by atoms with Gasteiger partial charge in [0, 0.05) is 3.57 Å². The van der Waals surface area contributed by atoms with E-state index in [0.717, 1.165) is 3.57 Å². The molecule has 0 radical (unpaired) electrons. The molecule has 1 aromatic rings. The fourth-order valence-electron chi connectivity index (χ4n) is 1.41. The van der Waals surface area contributed by atoms with Crippen LogP contribution in [-0.4, -0.2) is 29.6 Å². The summed E-state index contributed by atoms with van der Waals surface area (Å²) in [5, 5.41) is 11.4. The smallest absolute Gasteiger partial charge is 0.326 e. The third-order valence-electron chi connectivity index (χ3n) is 2.42. The van der Waals surface area contributed by atoms with Crippen LogP contribution in [0.15, 0.2) is 36.4 Å². The van der Waals surface area contributed by atoms with Crippen molar-refractivity contribution in [3.63, 3.8) is 0 Å². The van der Waals surface area contributed by atoms with Crippen LogP contribution in [0.3, 0.4) is 0 Å². The van der Waals surface area contributed by atoms with Crippen LogP contribution in [0, 0.1) is 3.57 Å². The van der Waals surface area contributed by atoms with E-state index in [1.54, 1.807) is 31.2 Å². The lowest BCUT2D eigenvalue weighted by molar-refractivity contribution is -0.142. The van der Waals surface area contributed by atoms with Crippen molar-refractivity contribution in [2.75, 3.05) is 6.61 Å². The number of carboxylic acid groups (broad SMARTS) is 1. The lowest BCUT2D eigenvalue weighted by Gasteiger charge is -2.13. The van der Waals surface area contributed by atoms with Crippen LogP contribution in [0.1, 0.15) is 13.3 Å². The number of halogens is 1. The Hall–Kier alpha value is -1.57. The van der Waals surface area contributed by atoms with E-state index in [1.165, 1.54) is 0 Å². The zero-order valence-electron chi connectivity index (χ0n) is 11.0. The number of carbonyl (C=O) groups excluding carboxylic acids is 1. The highest BCUT2D eigenvalue weighted by Gasteiger charge is 2.18. The summed E-state index contributed by atoms with van der Waals surface area (Å²) in [6.45, 7) is 1.58. The van der Waals surface area contributed by atoms with Gasteiger partial charge >= 0.3 is 5.97 Å². The van der Waals surface area contributed by atoms with Gasteiger partial charge < -0.3 is 15.2 Å². The Bertz CT molecular complexity index is 484. The number of allylic oxidation sites excluding steroid dienone is 1. The van der Waals surface area contributed by atoms with Crippen molar-refractivity contribution in [2.24, 2.45) is 0 Å². The maximum atomic E-state index is 11.6. The minimum absolute atomic E-state index is 0.208. The highest BCUT2D eigenvalue weighted by Crippen LogP contribution is 2.13. The third-order valence-corrected chi connectivity index (χ3v) is 3.14. The molecule has 2 N–H and O–H groups in total. The molecule has 1 amide bonds. The number of aliphatic carboxylic acids is 1. The molecule has 1 rings (SSSR count). The molecule has 1 atom stereocenters.